The summed E-state index contributed by atoms with van der Waals surface area (Å²) in [7, 11) is 1.42. The van der Waals surface area contributed by atoms with Crippen molar-refractivity contribution in [2.24, 2.45) is 4.99 Å². The van der Waals surface area contributed by atoms with Crippen LogP contribution in [0.2, 0.25) is 0 Å². The molecular weight excluding hydrogens is 539 g/mol. The van der Waals surface area contributed by atoms with E-state index >= 15 is 0 Å². The van der Waals surface area contributed by atoms with Crippen molar-refractivity contribution in [1.29, 1.82) is 0 Å². The highest BCUT2D eigenvalue weighted by Gasteiger charge is 2.25. The minimum absolute atomic E-state index is 0. The van der Waals surface area contributed by atoms with Gasteiger partial charge in [0.05, 0.1) is 18.0 Å². The molecule has 0 amide bonds. The Hall–Kier alpha value is -1.69. The number of sulfonamides is 1. The number of aliphatic imine (C=N–C) groups is 1. The van der Waals surface area contributed by atoms with E-state index in [1.165, 1.54) is 35.1 Å². The van der Waals surface area contributed by atoms with Gasteiger partial charge in [0.25, 0.3) is 0 Å². The van der Waals surface area contributed by atoms with Crippen LogP contribution in [-0.4, -0.2) is 64.4 Å². The Morgan fingerprint density at radius 2 is 1.88 bits per heavy atom. The number of benzene rings is 2. The maximum atomic E-state index is 12.2. The number of morpholine rings is 1. The van der Waals surface area contributed by atoms with E-state index in [2.05, 4.69) is 47.3 Å². The van der Waals surface area contributed by atoms with Gasteiger partial charge in [-0.15, -0.1) is 24.0 Å². The first-order chi connectivity index (χ1) is 14.7. The summed E-state index contributed by atoms with van der Waals surface area (Å²) in [6.45, 7) is 6.90. The molecule has 0 aliphatic carbocycles. The number of ether oxygens (including phenoxy) is 1. The summed E-state index contributed by atoms with van der Waals surface area (Å²) in [4.78, 5) is 6.94. The van der Waals surface area contributed by atoms with E-state index in [0.29, 0.717) is 13.2 Å². The largest absolute Gasteiger partial charge is 0.370 e. The summed E-state index contributed by atoms with van der Waals surface area (Å²) >= 11 is 0. The Labute approximate surface area is 208 Å². The number of guanidine groups is 1. The lowest BCUT2D eigenvalue weighted by atomic mass is 10.00. The van der Waals surface area contributed by atoms with Gasteiger partial charge >= 0.3 is 0 Å². The average Bonchev–Trinajstić information content (AvgIpc) is 2.74. The predicted molar refractivity (Wildman–Crippen MR) is 139 cm³/mol. The number of halogens is 1. The van der Waals surface area contributed by atoms with Crippen molar-refractivity contribution >= 4 is 40.0 Å². The molecular formula is C23H33IN4O3S. The number of nitrogens with zero attached hydrogens (tertiary/aromatic N) is 3. The minimum atomic E-state index is -3.42. The smallest absolute Gasteiger partial charge is 0.242 e. The van der Waals surface area contributed by atoms with Crippen molar-refractivity contribution in [2.75, 3.05) is 40.8 Å². The fraction of sp³-hybridized carbons (Fsp3) is 0.435. The summed E-state index contributed by atoms with van der Waals surface area (Å²) in [6, 6.07) is 13.4. The van der Waals surface area contributed by atoms with E-state index in [1.54, 1.807) is 19.2 Å². The maximum Gasteiger partial charge on any atom is 0.242 e. The molecule has 0 radical (unpaired) electrons. The zero-order chi connectivity index (χ0) is 22.6. The molecule has 2 aromatic carbocycles. The number of nitrogens with one attached hydrogen (secondary N) is 1. The lowest BCUT2D eigenvalue weighted by molar-refractivity contribution is -0.00834. The lowest BCUT2D eigenvalue weighted by Crippen LogP contribution is -2.48. The van der Waals surface area contributed by atoms with Crippen LogP contribution in [0.15, 0.2) is 52.4 Å². The third kappa shape index (κ3) is 6.21. The minimum Gasteiger partial charge on any atom is -0.370 e. The molecule has 1 aliphatic rings. The molecule has 1 saturated heterocycles. The van der Waals surface area contributed by atoms with E-state index in [-0.39, 0.29) is 35.0 Å². The van der Waals surface area contributed by atoms with Crippen LogP contribution in [0.4, 0.5) is 0 Å². The third-order valence-corrected chi connectivity index (χ3v) is 7.33. The molecule has 1 aliphatic heterocycles. The molecule has 1 atom stereocenters. The van der Waals surface area contributed by atoms with Gasteiger partial charge in [0.2, 0.25) is 10.0 Å². The summed E-state index contributed by atoms with van der Waals surface area (Å²) in [6.07, 6.45) is 0.00317. The number of rotatable bonds is 5. The van der Waals surface area contributed by atoms with E-state index < -0.39 is 10.0 Å². The van der Waals surface area contributed by atoms with Crippen LogP contribution in [-0.2, 0) is 21.3 Å². The van der Waals surface area contributed by atoms with Crippen molar-refractivity contribution in [3.8, 4) is 0 Å². The van der Waals surface area contributed by atoms with E-state index in [9.17, 15) is 8.42 Å². The van der Waals surface area contributed by atoms with Gasteiger partial charge in [-0.1, -0.05) is 35.9 Å². The van der Waals surface area contributed by atoms with Crippen molar-refractivity contribution < 1.29 is 13.2 Å². The molecule has 1 unspecified atom stereocenters. The zero-order valence-corrected chi connectivity index (χ0v) is 22.5. The molecule has 2 aromatic rings. The monoisotopic (exact) mass is 572 g/mol. The van der Waals surface area contributed by atoms with E-state index in [4.69, 9.17) is 4.74 Å². The summed E-state index contributed by atoms with van der Waals surface area (Å²) < 4.78 is 31.7. The van der Waals surface area contributed by atoms with Crippen LogP contribution < -0.4 is 5.32 Å². The van der Waals surface area contributed by atoms with Crippen LogP contribution >= 0.6 is 24.0 Å². The third-order valence-electron chi connectivity index (χ3n) is 5.50. The van der Waals surface area contributed by atoms with Gasteiger partial charge in [0, 0.05) is 34.2 Å². The van der Waals surface area contributed by atoms with Gasteiger partial charge in [0.15, 0.2) is 5.96 Å². The topological polar surface area (TPSA) is 74.2 Å². The second kappa shape index (κ2) is 11.4. The fourth-order valence-electron chi connectivity index (χ4n) is 3.72. The number of hydrogen-bond donors (Lipinski definition) is 1. The SMILES string of the molecule is CN=C(NCc1ccc(S(=O)(=O)N(C)C)cc1)N1CCOC(c2ccc(C)cc2C)C1.I. The molecule has 32 heavy (non-hydrogen) atoms. The van der Waals surface area contributed by atoms with Gasteiger partial charge in [0.1, 0.15) is 6.10 Å². The molecule has 0 bridgehead atoms. The molecule has 1 heterocycles. The van der Waals surface area contributed by atoms with Crippen LogP contribution in [0.5, 0.6) is 0 Å². The highest BCUT2D eigenvalue weighted by atomic mass is 127. The molecule has 176 valence electrons. The molecule has 7 nitrogen and oxygen atoms in total. The normalized spacial score (nSPS) is 17.2. The summed E-state index contributed by atoms with van der Waals surface area (Å²) in [5.74, 6) is 0.808. The van der Waals surface area contributed by atoms with E-state index in [1.807, 2.05) is 12.1 Å². The molecule has 0 aromatic heterocycles. The van der Waals surface area contributed by atoms with Crippen molar-refractivity contribution in [1.82, 2.24) is 14.5 Å². The summed E-state index contributed by atoms with van der Waals surface area (Å²) in [5.41, 5.74) is 4.68. The van der Waals surface area contributed by atoms with Crippen molar-refractivity contribution in [3.63, 3.8) is 0 Å². The molecule has 1 N–H and O–H groups in total. The van der Waals surface area contributed by atoms with Crippen LogP contribution in [0.1, 0.15) is 28.4 Å². The molecule has 3 rings (SSSR count). The van der Waals surface area contributed by atoms with Crippen LogP contribution in [0.3, 0.4) is 0 Å². The first kappa shape index (κ1) is 26.6. The Morgan fingerprint density at radius 3 is 2.47 bits per heavy atom. The molecule has 9 heteroatoms. The molecule has 1 fully saturated rings. The van der Waals surface area contributed by atoms with Gasteiger partial charge in [-0.2, -0.15) is 0 Å². The van der Waals surface area contributed by atoms with Gasteiger partial charge in [-0.3, -0.25) is 4.99 Å². The Morgan fingerprint density at radius 1 is 1.19 bits per heavy atom. The van der Waals surface area contributed by atoms with Gasteiger partial charge in [-0.05, 0) is 42.7 Å². The Balaban J connectivity index is 0.00000363. The summed E-state index contributed by atoms with van der Waals surface area (Å²) in [5, 5.41) is 3.39. The van der Waals surface area contributed by atoms with Crippen LogP contribution in [0.25, 0.3) is 0 Å². The first-order valence-electron chi connectivity index (χ1n) is 10.4. The maximum absolute atomic E-state index is 12.2. The van der Waals surface area contributed by atoms with E-state index in [0.717, 1.165) is 24.6 Å². The predicted octanol–water partition coefficient (Wildman–Crippen LogP) is 3.32. The Kier molecular flexibility index (Phi) is 9.50. The van der Waals surface area contributed by atoms with Gasteiger partial charge < -0.3 is 15.0 Å². The standard InChI is InChI=1S/C23H32N4O3S.HI/c1-17-6-11-21(18(2)14-17)22-16-27(12-13-30-22)23(24-3)25-15-19-7-9-20(10-8-19)31(28,29)26(4)5;/h6-11,14,22H,12-13,15-16H2,1-5H3,(H,24,25);1H. The number of hydrogen-bond acceptors (Lipinski definition) is 4. The van der Waals surface area contributed by atoms with Crippen molar-refractivity contribution in [3.05, 3.63) is 64.7 Å². The Bertz CT molecular complexity index is 1040. The second-order valence-electron chi connectivity index (χ2n) is 8.00. The first-order valence-corrected chi connectivity index (χ1v) is 11.8. The second-order valence-corrected chi connectivity index (χ2v) is 10.1. The zero-order valence-electron chi connectivity index (χ0n) is 19.3. The highest BCUT2D eigenvalue weighted by Crippen LogP contribution is 2.26. The van der Waals surface area contributed by atoms with Crippen LogP contribution in [0, 0.1) is 13.8 Å². The van der Waals surface area contributed by atoms with Crippen molar-refractivity contribution in [2.45, 2.75) is 31.4 Å². The highest BCUT2D eigenvalue weighted by molar-refractivity contribution is 14.0. The van der Waals surface area contributed by atoms with Gasteiger partial charge in [-0.25, -0.2) is 12.7 Å². The average molecular weight is 573 g/mol. The number of aryl methyl sites for hydroxylation is 2. The fourth-order valence-corrected chi connectivity index (χ4v) is 4.62. The molecule has 0 saturated carbocycles. The quantitative estimate of drug-likeness (QED) is 0.338. The lowest BCUT2D eigenvalue weighted by Gasteiger charge is -2.36. The molecule has 0 spiro atoms.